The quantitative estimate of drug-likeness (QED) is 0.489. The molecule has 200 valence electrons. The predicted octanol–water partition coefficient (Wildman–Crippen LogP) is 3.97. The van der Waals surface area contributed by atoms with Crippen LogP contribution in [0.25, 0.3) is 0 Å². The van der Waals surface area contributed by atoms with Crippen molar-refractivity contribution in [2.75, 3.05) is 17.3 Å². The highest BCUT2D eigenvalue weighted by molar-refractivity contribution is 6.33. The van der Waals surface area contributed by atoms with E-state index in [1.165, 1.54) is 12.3 Å². The summed E-state index contributed by atoms with van der Waals surface area (Å²) >= 11 is 5.92. The van der Waals surface area contributed by atoms with Gasteiger partial charge in [-0.3, -0.25) is 19.8 Å². The van der Waals surface area contributed by atoms with Crippen LogP contribution in [0.1, 0.15) is 31.9 Å². The van der Waals surface area contributed by atoms with Gasteiger partial charge in [-0.15, -0.1) is 0 Å². The number of hydrogen-bond acceptors (Lipinski definition) is 6. The molecule has 0 saturated heterocycles. The summed E-state index contributed by atoms with van der Waals surface area (Å²) in [6.07, 6.45) is -5.76. The summed E-state index contributed by atoms with van der Waals surface area (Å²) in [5, 5.41) is 7.21. The average molecular weight is 542 g/mol. The molecule has 1 aliphatic heterocycles. The number of nitrogens with one attached hydrogen (secondary N) is 3. The first-order chi connectivity index (χ1) is 17.3. The number of amides is 3. The molecule has 3 rings (SSSR count). The molecule has 13 heteroatoms. The first kappa shape index (κ1) is 28.2. The molecule has 0 saturated carbocycles. The van der Waals surface area contributed by atoms with Gasteiger partial charge in [0.05, 0.1) is 22.3 Å². The summed E-state index contributed by atoms with van der Waals surface area (Å²) < 4.78 is 45.7. The number of pyridine rings is 1. The molecular weight excluding hydrogens is 515 g/mol. The number of carbonyl (C=O) groups excluding carboxylic acids is 3. The largest absolute Gasteiger partial charge is 0.424 e. The maximum atomic E-state index is 13.7. The van der Waals surface area contributed by atoms with Gasteiger partial charge in [0.25, 0.3) is 5.91 Å². The smallest absolute Gasteiger partial charge is 0.418 e. The molecule has 3 amide bonds. The summed E-state index contributed by atoms with van der Waals surface area (Å²) in [6, 6.07) is 4.83. The Bertz CT molecular complexity index is 1180. The number of likely N-dealkylation sites (N-methyl/N-ethyl adjacent to an activating group) is 1. The molecule has 0 fully saturated rings. The Balaban J connectivity index is 1.88. The number of benzene rings is 1. The number of ether oxygens (including phenoxy) is 1. The van der Waals surface area contributed by atoms with Crippen LogP contribution in [-0.2, 0) is 26.9 Å². The fourth-order valence-electron chi connectivity index (χ4n) is 3.78. The predicted molar refractivity (Wildman–Crippen MR) is 131 cm³/mol. The zero-order valence-corrected chi connectivity index (χ0v) is 21.3. The molecule has 2 aromatic rings. The van der Waals surface area contributed by atoms with E-state index in [1.54, 1.807) is 40.0 Å². The first-order valence-electron chi connectivity index (χ1n) is 11.4. The zero-order chi connectivity index (χ0) is 27.5. The van der Waals surface area contributed by atoms with Gasteiger partial charge in [-0.2, -0.15) is 13.2 Å². The Labute approximate surface area is 216 Å². The van der Waals surface area contributed by atoms with Gasteiger partial charge in [-0.05, 0) is 38.1 Å². The van der Waals surface area contributed by atoms with Crippen LogP contribution in [-0.4, -0.2) is 48.3 Å². The second-order valence-corrected chi connectivity index (χ2v) is 9.19. The molecule has 0 radical (unpaired) electrons. The second kappa shape index (κ2) is 11.3. The van der Waals surface area contributed by atoms with Gasteiger partial charge in [0.1, 0.15) is 11.9 Å². The van der Waals surface area contributed by atoms with E-state index in [-0.39, 0.29) is 23.2 Å². The highest BCUT2D eigenvalue weighted by atomic mass is 35.5. The van der Waals surface area contributed by atoms with Crippen LogP contribution in [0.2, 0.25) is 5.02 Å². The van der Waals surface area contributed by atoms with Crippen molar-refractivity contribution in [3.63, 3.8) is 0 Å². The number of rotatable bonds is 7. The lowest BCUT2D eigenvalue weighted by molar-refractivity contribution is -0.137. The zero-order valence-electron chi connectivity index (χ0n) is 20.5. The van der Waals surface area contributed by atoms with E-state index in [9.17, 15) is 27.6 Å². The standard InChI is InChI=1S/C24H27ClF3N5O4/c1-12(2)18(31-21(34)13(3)29-4)22(35)33-17(11-14-7-6-10-30-20(14)33)37-23(36)32-19-15(24(26,27)28)8-5-9-16(19)25/h5-10,12-13,17-18,29H,11H2,1-4H3,(H,31,34)(H,32,36)/t13-,17-,18-/m0/s1. The third kappa shape index (κ3) is 6.31. The normalized spacial score (nSPS) is 16.7. The minimum atomic E-state index is -4.78. The number of nitrogens with zero attached hydrogens (tertiary/aromatic N) is 2. The van der Waals surface area contributed by atoms with E-state index in [0.29, 0.717) is 5.56 Å². The monoisotopic (exact) mass is 541 g/mol. The highest BCUT2D eigenvalue weighted by Gasteiger charge is 2.42. The summed E-state index contributed by atoms with van der Waals surface area (Å²) in [5.74, 6) is -1.12. The average Bonchev–Trinajstić information content (AvgIpc) is 3.19. The van der Waals surface area contributed by atoms with Crippen molar-refractivity contribution in [2.24, 2.45) is 5.92 Å². The van der Waals surface area contributed by atoms with Crippen molar-refractivity contribution in [1.29, 1.82) is 0 Å². The minimum absolute atomic E-state index is 0.0443. The summed E-state index contributed by atoms with van der Waals surface area (Å²) in [5.41, 5.74) is -1.23. The van der Waals surface area contributed by atoms with E-state index in [0.717, 1.165) is 17.0 Å². The van der Waals surface area contributed by atoms with Crippen LogP contribution < -0.4 is 20.9 Å². The van der Waals surface area contributed by atoms with Gasteiger partial charge in [0.2, 0.25) is 5.91 Å². The first-order valence-corrected chi connectivity index (χ1v) is 11.8. The molecule has 0 spiro atoms. The number of fused-ring (bicyclic) bond motifs is 1. The molecule has 1 aromatic heterocycles. The van der Waals surface area contributed by atoms with E-state index >= 15 is 0 Å². The Morgan fingerprint density at radius 3 is 2.49 bits per heavy atom. The van der Waals surface area contributed by atoms with Crippen LogP contribution in [0.5, 0.6) is 0 Å². The van der Waals surface area contributed by atoms with Gasteiger partial charge < -0.3 is 15.4 Å². The molecule has 37 heavy (non-hydrogen) atoms. The summed E-state index contributed by atoms with van der Waals surface area (Å²) in [4.78, 5) is 44.3. The minimum Gasteiger partial charge on any atom is -0.424 e. The Kier molecular flexibility index (Phi) is 8.64. The van der Waals surface area contributed by atoms with E-state index in [4.69, 9.17) is 16.3 Å². The lowest BCUT2D eigenvalue weighted by atomic mass is 10.0. The van der Waals surface area contributed by atoms with Crippen LogP contribution in [0.3, 0.4) is 0 Å². The summed E-state index contributed by atoms with van der Waals surface area (Å²) in [6.45, 7) is 5.10. The number of anilines is 2. The van der Waals surface area contributed by atoms with Gasteiger partial charge in [0, 0.05) is 18.2 Å². The lowest BCUT2D eigenvalue weighted by Crippen LogP contribution is -2.56. The van der Waals surface area contributed by atoms with E-state index in [2.05, 4.69) is 20.9 Å². The van der Waals surface area contributed by atoms with E-state index < -0.39 is 53.6 Å². The maximum Gasteiger partial charge on any atom is 0.418 e. The molecule has 3 atom stereocenters. The van der Waals surface area contributed by atoms with Crippen LogP contribution in [0.15, 0.2) is 36.5 Å². The molecular formula is C24H27ClF3N5O4. The van der Waals surface area contributed by atoms with Crippen molar-refractivity contribution in [3.05, 3.63) is 52.7 Å². The van der Waals surface area contributed by atoms with E-state index in [1.807, 2.05) is 0 Å². The van der Waals surface area contributed by atoms with Gasteiger partial charge in [0.15, 0.2) is 6.23 Å². The number of alkyl halides is 3. The van der Waals surface area contributed by atoms with Crippen molar-refractivity contribution < 1.29 is 32.3 Å². The second-order valence-electron chi connectivity index (χ2n) is 8.78. The molecule has 1 aromatic carbocycles. The molecule has 0 aliphatic carbocycles. The molecule has 3 N–H and O–H groups in total. The SMILES string of the molecule is CN[C@@H](C)C(=O)N[C@H](C(=O)N1c2ncccc2C[C@@H]1OC(=O)Nc1c(Cl)cccc1C(F)(F)F)C(C)C. The number of aromatic nitrogens is 1. The summed E-state index contributed by atoms with van der Waals surface area (Å²) in [7, 11) is 1.60. The maximum absolute atomic E-state index is 13.7. The number of para-hydroxylation sites is 1. The number of halogens is 4. The third-order valence-electron chi connectivity index (χ3n) is 5.86. The van der Waals surface area contributed by atoms with Gasteiger partial charge >= 0.3 is 12.3 Å². The van der Waals surface area contributed by atoms with Crippen molar-refractivity contribution >= 4 is 41.0 Å². The Morgan fingerprint density at radius 1 is 1.16 bits per heavy atom. The van der Waals surface area contributed by atoms with Gasteiger partial charge in [-0.25, -0.2) is 9.78 Å². The van der Waals surface area contributed by atoms with Crippen LogP contribution in [0, 0.1) is 5.92 Å². The number of hydrogen-bond donors (Lipinski definition) is 3. The Morgan fingerprint density at radius 2 is 1.86 bits per heavy atom. The fraction of sp³-hybridized carbons (Fsp3) is 0.417. The van der Waals surface area contributed by atoms with Crippen LogP contribution in [0.4, 0.5) is 29.5 Å². The molecule has 1 aliphatic rings. The van der Waals surface area contributed by atoms with Crippen molar-refractivity contribution in [1.82, 2.24) is 15.6 Å². The topological polar surface area (TPSA) is 113 Å². The fourth-order valence-corrected chi connectivity index (χ4v) is 4.00. The number of carbonyl (C=O) groups is 3. The van der Waals surface area contributed by atoms with Crippen LogP contribution >= 0.6 is 11.6 Å². The van der Waals surface area contributed by atoms with Crippen molar-refractivity contribution in [2.45, 2.75) is 51.7 Å². The Hall–Kier alpha value is -3.38. The van der Waals surface area contributed by atoms with Gasteiger partial charge in [-0.1, -0.05) is 37.6 Å². The molecule has 0 bridgehead atoms. The highest BCUT2D eigenvalue weighted by Crippen LogP contribution is 2.39. The molecule has 0 unspecified atom stereocenters. The lowest BCUT2D eigenvalue weighted by Gasteiger charge is -2.31. The third-order valence-corrected chi connectivity index (χ3v) is 6.18. The molecule has 2 heterocycles. The van der Waals surface area contributed by atoms with Crippen molar-refractivity contribution in [3.8, 4) is 0 Å². The molecule has 9 nitrogen and oxygen atoms in total.